The van der Waals surface area contributed by atoms with E-state index in [2.05, 4.69) is 96.3 Å². The third kappa shape index (κ3) is 12.1. The number of ether oxygens (including phenoxy) is 2. The second-order valence-corrected chi connectivity index (χ2v) is 12.0. The zero-order valence-electron chi connectivity index (χ0n) is 27.3. The average molecular weight is 595 g/mol. The lowest BCUT2D eigenvalue weighted by Gasteiger charge is -2.08. The number of aryl methyl sites for hydroxylation is 2. The van der Waals surface area contributed by atoms with Gasteiger partial charge in [0.2, 0.25) is 0 Å². The Morgan fingerprint density at radius 3 is 1.00 bits per heavy atom. The van der Waals surface area contributed by atoms with Crippen molar-refractivity contribution in [3.63, 3.8) is 0 Å². The summed E-state index contributed by atoms with van der Waals surface area (Å²) >= 11 is 0. The molecule has 0 spiro atoms. The lowest BCUT2D eigenvalue weighted by Crippen LogP contribution is -2.32. The van der Waals surface area contributed by atoms with Gasteiger partial charge in [-0.3, -0.25) is 0 Å². The molecule has 0 bridgehead atoms. The van der Waals surface area contributed by atoms with Gasteiger partial charge in [0, 0.05) is 37.1 Å². The van der Waals surface area contributed by atoms with Gasteiger partial charge in [-0.15, -0.1) is 0 Å². The van der Waals surface area contributed by atoms with Crippen LogP contribution in [0.4, 0.5) is 0 Å². The van der Waals surface area contributed by atoms with E-state index < -0.39 is 0 Å². The summed E-state index contributed by atoms with van der Waals surface area (Å²) in [7, 11) is 0. The van der Waals surface area contributed by atoms with Crippen molar-refractivity contribution in [2.45, 2.75) is 117 Å². The molecule has 2 aromatic carbocycles. The van der Waals surface area contributed by atoms with Crippen LogP contribution in [0.1, 0.15) is 104 Å². The molecule has 0 saturated heterocycles. The Labute approximate surface area is 266 Å². The van der Waals surface area contributed by atoms with Gasteiger partial charge in [-0.05, 0) is 48.2 Å². The molecule has 0 aliphatic heterocycles. The predicted octanol–water partition coefficient (Wildman–Crippen LogP) is 11.0. The molecule has 4 aromatic rings. The van der Waals surface area contributed by atoms with Gasteiger partial charge < -0.3 is 9.47 Å². The van der Waals surface area contributed by atoms with Crippen LogP contribution in [0, 0.1) is 0 Å². The minimum absolute atomic E-state index is 0.840. The Morgan fingerprint density at radius 1 is 0.364 bits per heavy atom. The number of nitrogens with zero attached hydrogens (tertiary/aromatic N) is 2. The van der Waals surface area contributed by atoms with Gasteiger partial charge in [-0.2, -0.15) is 0 Å². The van der Waals surface area contributed by atoms with Gasteiger partial charge in [-0.25, -0.2) is 9.13 Å². The van der Waals surface area contributed by atoms with Crippen LogP contribution < -0.4 is 18.6 Å². The van der Waals surface area contributed by atoms with Crippen molar-refractivity contribution in [2.24, 2.45) is 0 Å². The predicted molar refractivity (Wildman–Crippen MR) is 181 cm³/mol. The highest BCUT2D eigenvalue weighted by atomic mass is 16.5. The summed E-state index contributed by atoms with van der Waals surface area (Å²) in [5.41, 5.74) is 2.30. The zero-order chi connectivity index (χ0) is 30.7. The summed E-state index contributed by atoms with van der Waals surface area (Å²) in [6.45, 7) is 6.67. The summed E-state index contributed by atoms with van der Waals surface area (Å²) in [5, 5.41) is 0. The highest BCUT2D eigenvalue weighted by molar-refractivity contribution is 5.65. The number of benzene rings is 2. The topological polar surface area (TPSA) is 26.2 Å². The highest BCUT2D eigenvalue weighted by Crippen LogP contribution is 2.28. The van der Waals surface area contributed by atoms with Gasteiger partial charge in [-0.1, -0.05) is 102 Å². The van der Waals surface area contributed by atoms with Crippen molar-refractivity contribution >= 4 is 0 Å². The maximum Gasteiger partial charge on any atom is 0.172 e. The van der Waals surface area contributed by atoms with E-state index in [0.717, 1.165) is 47.2 Å². The summed E-state index contributed by atoms with van der Waals surface area (Å²) in [5.74, 6) is 3.40. The molecule has 4 heteroatoms. The smallest absolute Gasteiger partial charge is 0.172 e. The summed E-state index contributed by atoms with van der Waals surface area (Å²) in [4.78, 5) is 0. The van der Waals surface area contributed by atoms with Crippen LogP contribution in [0.15, 0.2) is 97.6 Å². The van der Waals surface area contributed by atoms with Crippen LogP contribution in [0.3, 0.4) is 0 Å². The molecule has 0 N–H and O–H groups in total. The van der Waals surface area contributed by atoms with Crippen LogP contribution in [0.25, 0.3) is 11.1 Å². The minimum Gasteiger partial charge on any atom is -0.457 e. The Balaban J connectivity index is 1.17. The Kier molecular flexibility index (Phi) is 14.8. The Hall–Kier alpha value is -3.66. The quantitative estimate of drug-likeness (QED) is 0.0708. The van der Waals surface area contributed by atoms with Gasteiger partial charge in [0.1, 0.15) is 36.1 Å². The first-order chi connectivity index (χ1) is 21.7. The molecule has 0 aliphatic rings. The molecule has 0 aliphatic carbocycles. The van der Waals surface area contributed by atoms with Gasteiger partial charge in [0.15, 0.2) is 24.8 Å². The van der Waals surface area contributed by atoms with Crippen LogP contribution >= 0.6 is 0 Å². The standard InChI is InChI=1S/C40H54N2O2/c1-3-5-7-9-11-13-15-29-41-31-25-39(26-32-41)43-37-21-17-35(18-22-37)36-19-23-38(24-20-36)44-40-27-33-42(34-28-40)30-16-14-12-10-8-6-4-2/h17-28,31-34H,3-16,29-30H2,1-2H3/q+2. The average Bonchev–Trinajstić information content (AvgIpc) is 3.06. The van der Waals surface area contributed by atoms with E-state index in [-0.39, 0.29) is 0 Å². The van der Waals surface area contributed by atoms with Crippen LogP contribution in [0.2, 0.25) is 0 Å². The van der Waals surface area contributed by atoms with Crippen molar-refractivity contribution < 1.29 is 18.6 Å². The number of aromatic nitrogens is 2. The molecule has 0 radical (unpaired) electrons. The van der Waals surface area contributed by atoms with Gasteiger partial charge in [0.25, 0.3) is 0 Å². The molecular weight excluding hydrogens is 540 g/mol. The molecule has 0 amide bonds. The minimum atomic E-state index is 0.840. The fraction of sp³-hybridized carbons (Fsp3) is 0.450. The fourth-order valence-electron chi connectivity index (χ4n) is 5.53. The summed E-state index contributed by atoms with van der Waals surface area (Å²) < 4.78 is 16.7. The molecule has 0 unspecified atom stereocenters. The molecule has 0 atom stereocenters. The van der Waals surface area contributed by atoms with Crippen molar-refractivity contribution in [3.8, 4) is 34.1 Å². The largest absolute Gasteiger partial charge is 0.457 e. The van der Waals surface area contributed by atoms with E-state index in [1.807, 2.05) is 24.3 Å². The lowest BCUT2D eigenvalue weighted by atomic mass is 10.1. The van der Waals surface area contributed by atoms with Crippen molar-refractivity contribution in [1.29, 1.82) is 0 Å². The molecule has 2 aromatic heterocycles. The van der Waals surface area contributed by atoms with Crippen molar-refractivity contribution in [1.82, 2.24) is 0 Å². The molecule has 0 saturated carbocycles. The van der Waals surface area contributed by atoms with Gasteiger partial charge >= 0.3 is 0 Å². The van der Waals surface area contributed by atoms with Crippen LogP contribution in [0.5, 0.6) is 23.0 Å². The summed E-state index contributed by atoms with van der Waals surface area (Å²) in [6.07, 6.45) is 27.1. The molecule has 4 rings (SSSR count). The van der Waals surface area contributed by atoms with Crippen molar-refractivity contribution in [2.75, 3.05) is 0 Å². The molecule has 2 heterocycles. The van der Waals surface area contributed by atoms with E-state index >= 15 is 0 Å². The second kappa shape index (κ2) is 19.6. The molecule has 4 nitrogen and oxygen atoms in total. The monoisotopic (exact) mass is 594 g/mol. The van der Waals surface area contributed by atoms with Crippen LogP contribution in [-0.4, -0.2) is 0 Å². The van der Waals surface area contributed by atoms with E-state index in [1.54, 1.807) is 0 Å². The van der Waals surface area contributed by atoms with E-state index in [9.17, 15) is 0 Å². The maximum absolute atomic E-state index is 6.11. The van der Waals surface area contributed by atoms with Gasteiger partial charge in [0.05, 0.1) is 0 Å². The first kappa shape index (κ1) is 33.2. The number of hydrogen-bond acceptors (Lipinski definition) is 2. The summed E-state index contributed by atoms with van der Waals surface area (Å²) in [6, 6.07) is 24.8. The SMILES string of the molecule is CCCCCCCCC[n+]1ccc(Oc2ccc(-c3ccc(Oc4cc[n+](CCCCCCCCC)cc4)cc3)cc2)cc1. The first-order valence-corrected chi connectivity index (χ1v) is 17.3. The van der Waals surface area contributed by atoms with E-state index in [1.165, 1.54) is 89.9 Å². The number of pyridine rings is 2. The third-order valence-electron chi connectivity index (χ3n) is 8.27. The molecule has 234 valence electrons. The Morgan fingerprint density at radius 2 is 0.659 bits per heavy atom. The molecule has 44 heavy (non-hydrogen) atoms. The van der Waals surface area contributed by atoms with E-state index in [0.29, 0.717) is 0 Å². The number of rotatable bonds is 21. The third-order valence-corrected chi connectivity index (χ3v) is 8.27. The number of unbranched alkanes of at least 4 members (excludes halogenated alkanes) is 12. The van der Waals surface area contributed by atoms with Crippen molar-refractivity contribution in [3.05, 3.63) is 97.6 Å². The second-order valence-electron chi connectivity index (χ2n) is 12.0. The fourth-order valence-corrected chi connectivity index (χ4v) is 5.53. The highest BCUT2D eigenvalue weighted by Gasteiger charge is 2.06. The molecule has 0 fully saturated rings. The van der Waals surface area contributed by atoms with Crippen LogP contribution in [-0.2, 0) is 13.1 Å². The molecular formula is C40H54N2O2+2. The van der Waals surface area contributed by atoms with E-state index in [4.69, 9.17) is 9.47 Å². The first-order valence-electron chi connectivity index (χ1n) is 17.3. The Bertz CT molecular complexity index is 1190. The lowest BCUT2D eigenvalue weighted by molar-refractivity contribution is -0.697. The number of hydrogen-bond donors (Lipinski definition) is 0. The maximum atomic E-state index is 6.11. The normalized spacial score (nSPS) is 11.0. The zero-order valence-corrected chi connectivity index (χ0v) is 27.3.